The van der Waals surface area contributed by atoms with Crippen molar-refractivity contribution in [1.29, 1.82) is 0 Å². The van der Waals surface area contributed by atoms with Gasteiger partial charge in [-0.15, -0.1) is 0 Å². The van der Waals surface area contributed by atoms with Crippen LogP contribution in [0.4, 0.5) is 4.79 Å². The molecular weight excluding hydrogens is 320 g/mol. The number of urea groups is 1. The number of hydrogen-bond donors (Lipinski definition) is 1. The number of piperidine rings is 1. The Morgan fingerprint density at radius 2 is 2.12 bits per heavy atom. The van der Waals surface area contributed by atoms with Crippen LogP contribution in [0.2, 0.25) is 0 Å². The molecule has 1 N–H and O–H groups in total. The minimum Gasteiger partial charge on any atom is -0.338 e. The second-order valence-corrected chi connectivity index (χ2v) is 8.51. The largest absolute Gasteiger partial charge is 0.338 e. The fourth-order valence-corrected chi connectivity index (χ4v) is 4.77. The lowest BCUT2D eigenvalue weighted by atomic mass is 9.76. The molecule has 3 aliphatic rings. The molecule has 3 nitrogen and oxygen atoms in total. The number of nitrogens with one attached hydrogen (secondary N) is 1. The van der Waals surface area contributed by atoms with Crippen molar-refractivity contribution in [3.05, 3.63) is 60.2 Å². The van der Waals surface area contributed by atoms with Crippen LogP contribution in [0.1, 0.15) is 38.2 Å². The molecule has 1 saturated carbocycles. The molecule has 1 heterocycles. The van der Waals surface area contributed by atoms with Gasteiger partial charge in [0.25, 0.3) is 0 Å². The maximum absolute atomic E-state index is 12.7. The first kappa shape index (κ1) is 17.4. The van der Waals surface area contributed by atoms with Gasteiger partial charge in [-0.05, 0) is 49.0 Å². The van der Waals surface area contributed by atoms with E-state index in [-0.39, 0.29) is 11.4 Å². The summed E-state index contributed by atoms with van der Waals surface area (Å²) in [6.07, 6.45) is 13.5. The van der Waals surface area contributed by atoms with E-state index in [4.69, 9.17) is 0 Å². The number of carbonyl (C=O) groups excluding carboxylic acids is 1. The molecule has 1 aromatic carbocycles. The summed E-state index contributed by atoms with van der Waals surface area (Å²) < 4.78 is 0. The van der Waals surface area contributed by atoms with Crippen LogP contribution in [0.5, 0.6) is 0 Å². The zero-order valence-electron chi connectivity index (χ0n) is 15.7. The lowest BCUT2D eigenvalue weighted by molar-refractivity contribution is 0.155. The van der Waals surface area contributed by atoms with Gasteiger partial charge in [0.05, 0.1) is 0 Å². The normalized spacial score (nSPS) is 33.1. The van der Waals surface area contributed by atoms with Gasteiger partial charge in [-0.25, -0.2) is 4.79 Å². The Hall–Kier alpha value is -2.03. The maximum atomic E-state index is 12.7. The minimum absolute atomic E-state index is 0.0677. The van der Waals surface area contributed by atoms with E-state index in [0.717, 1.165) is 44.8 Å². The summed E-state index contributed by atoms with van der Waals surface area (Å²) in [6.45, 7) is 4.81. The van der Waals surface area contributed by atoms with E-state index >= 15 is 0 Å². The van der Waals surface area contributed by atoms with Crippen molar-refractivity contribution in [3.63, 3.8) is 0 Å². The van der Waals surface area contributed by atoms with E-state index in [0.29, 0.717) is 11.8 Å². The van der Waals surface area contributed by atoms with Gasteiger partial charge in [-0.2, -0.15) is 0 Å². The molecule has 2 unspecified atom stereocenters. The maximum Gasteiger partial charge on any atom is 0.317 e. The van der Waals surface area contributed by atoms with Crippen LogP contribution < -0.4 is 5.32 Å². The molecule has 26 heavy (non-hydrogen) atoms. The molecule has 1 saturated heterocycles. The zero-order chi connectivity index (χ0) is 18.0. The smallest absolute Gasteiger partial charge is 0.317 e. The van der Waals surface area contributed by atoms with Crippen LogP contribution in [0.25, 0.3) is 0 Å². The summed E-state index contributed by atoms with van der Waals surface area (Å²) in [6, 6.07) is 10.8. The number of likely N-dealkylation sites (tertiary alicyclic amines) is 1. The highest BCUT2D eigenvalue weighted by atomic mass is 16.2. The molecule has 2 aliphatic carbocycles. The molecule has 138 valence electrons. The molecule has 0 radical (unpaired) electrons. The van der Waals surface area contributed by atoms with Gasteiger partial charge in [-0.1, -0.05) is 61.6 Å². The van der Waals surface area contributed by atoms with Gasteiger partial charge < -0.3 is 10.2 Å². The van der Waals surface area contributed by atoms with Gasteiger partial charge in [0.15, 0.2) is 0 Å². The number of hydrogen-bond acceptors (Lipinski definition) is 1. The third-order valence-corrected chi connectivity index (χ3v) is 6.51. The number of rotatable bonds is 4. The molecule has 1 aliphatic heterocycles. The molecule has 4 atom stereocenters. The topological polar surface area (TPSA) is 32.3 Å². The predicted octanol–water partition coefficient (Wildman–Crippen LogP) is 4.52. The fourth-order valence-electron chi connectivity index (χ4n) is 4.77. The molecule has 3 heteroatoms. The predicted molar refractivity (Wildman–Crippen MR) is 106 cm³/mol. The molecule has 4 rings (SSSR count). The summed E-state index contributed by atoms with van der Waals surface area (Å²) in [7, 11) is 0. The van der Waals surface area contributed by atoms with Crippen LogP contribution in [-0.2, 0) is 5.41 Å². The van der Waals surface area contributed by atoms with Gasteiger partial charge in [-0.3, -0.25) is 0 Å². The summed E-state index contributed by atoms with van der Waals surface area (Å²) in [5.74, 6) is 2.09. The molecule has 0 spiro atoms. The van der Waals surface area contributed by atoms with Crippen LogP contribution in [0.3, 0.4) is 0 Å². The van der Waals surface area contributed by atoms with Crippen LogP contribution in [-0.4, -0.2) is 30.6 Å². The van der Waals surface area contributed by atoms with Gasteiger partial charge in [0, 0.05) is 25.0 Å². The summed E-state index contributed by atoms with van der Waals surface area (Å²) in [5.41, 5.74) is 1.41. The highest BCUT2D eigenvalue weighted by molar-refractivity contribution is 5.74. The number of amides is 2. The van der Waals surface area contributed by atoms with Gasteiger partial charge >= 0.3 is 6.03 Å². The Labute approximate surface area is 157 Å². The zero-order valence-corrected chi connectivity index (χ0v) is 15.7. The Morgan fingerprint density at radius 3 is 2.88 bits per heavy atom. The molecule has 2 amide bonds. The Bertz CT molecular complexity index is 695. The Morgan fingerprint density at radius 1 is 1.27 bits per heavy atom. The molecular formula is C23H30N2O. The summed E-state index contributed by atoms with van der Waals surface area (Å²) in [4.78, 5) is 14.7. The van der Waals surface area contributed by atoms with Gasteiger partial charge in [0.1, 0.15) is 0 Å². The fraction of sp³-hybridized carbons (Fsp3) is 0.522. The van der Waals surface area contributed by atoms with E-state index in [1.807, 2.05) is 4.90 Å². The Kier molecular flexibility index (Phi) is 4.88. The van der Waals surface area contributed by atoms with Crippen LogP contribution in [0, 0.1) is 17.8 Å². The summed E-state index contributed by atoms with van der Waals surface area (Å²) >= 11 is 0. The average Bonchev–Trinajstić information content (AvgIpc) is 3.47. The highest BCUT2D eigenvalue weighted by Crippen LogP contribution is 2.46. The molecule has 2 fully saturated rings. The third-order valence-electron chi connectivity index (χ3n) is 6.51. The van der Waals surface area contributed by atoms with Gasteiger partial charge in [0.2, 0.25) is 0 Å². The third kappa shape index (κ3) is 3.72. The van der Waals surface area contributed by atoms with E-state index in [1.165, 1.54) is 12.0 Å². The van der Waals surface area contributed by atoms with Crippen molar-refractivity contribution in [2.45, 2.75) is 38.0 Å². The lowest BCUT2D eigenvalue weighted by Crippen LogP contribution is -2.50. The SMILES string of the molecule is CC1(c2ccccc2)CCCN(C(=O)NC[C@H]2C[C@@H]2C2C=CC=CC2)C1. The van der Waals surface area contributed by atoms with Crippen molar-refractivity contribution >= 4 is 6.03 Å². The Balaban J connectivity index is 1.28. The minimum atomic E-state index is 0.0677. The molecule has 0 bridgehead atoms. The van der Waals surface area contributed by atoms with Crippen LogP contribution >= 0.6 is 0 Å². The van der Waals surface area contributed by atoms with Crippen molar-refractivity contribution in [2.24, 2.45) is 17.8 Å². The second kappa shape index (κ2) is 7.30. The van der Waals surface area contributed by atoms with Crippen molar-refractivity contribution in [1.82, 2.24) is 10.2 Å². The van der Waals surface area contributed by atoms with Crippen molar-refractivity contribution in [2.75, 3.05) is 19.6 Å². The first-order valence-corrected chi connectivity index (χ1v) is 10.1. The van der Waals surface area contributed by atoms with E-state index in [9.17, 15) is 4.79 Å². The first-order chi connectivity index (χ1) is 12.7. The quantitative estimate of drug-likeness (QED) is 0.851. The van der Waals surface area contributed by atoms with Crippen molar-refractivity contribution in [3.8, 4) is 0 Å². The van der Waals surface area contributed by atoms with Crippen molar-refractivity contribution < 1.29 is 4.79 Å². The van der Waals surface area contributed by atoms with E-state index in [1.54, 1.807) is 0 Å². The number of nitrogens with zero attached hydrogens (tertiary/aromatic N) is 1. The summed E-state index contributed by atoms with van der Waals surface area (Å²) in [5, 5.41) is 3.22. The number of allylic oxidation sites excluding steroid dienone is 4. The second-order valence-electron chi connectivity index (χ2n) is 8.51. The molecule has 1 aromatic rings. The van der Waals surface area contributed by atoms with Crippen LogP contribution in [0.15, 0.2) is 54.6 Å². The number of carbonyl (C=O) groups is 1. The average molecular weight is 351 g/mol. The number of benzene rings is 1. The van der Waals surface area contributed by atoms with E-state index in [2.05, 4.69) is 66.9 Å². The standard InChI is InChI=1S/C23H30N2O/c1-23(20-11-6-3-7-12-20)13-8-14-25(17-23)22(26)24-16-19-15-21(19)18-9-4-2-5-10-18/h2-7,9,11-12,18-19,21H,8,10,13-17H2,1H3,(H,24,26)/t18?,19-,21-,23?/m1/s1. The molecule has 0 aromatic heterocycles. The highest BCUT2D eigenvalue weighted by Gasteiger charge is 2.42. The monoisotopic (exact) mass is 350 g/mol. The first-order valence-electron chi connectivity index (χ1n) is 10.1. The van der Waals surface area contributed by atoms with E-state index < -0.39 is 0 Å². The lowest BCUT2D eigenvalue weighted by Gasteiger charge is -2.41.